The van der Waals surface area contributed by atoms with Gasteiger partial charge in [-0.3, -0.25) is 0 Å². The topological polar surface area (TPSA) is 14.1 Å². The number of aromatic nitrogens is 1. The Kier molecular flexibility index (Phi) is 2.78. The van der Waals surface area contributed by atoms with Gasteiger partial charge in [0.2, 0.25) is 5.69 Å². The van der Waals surface area contributed by atoms with Crippen LogP contribution in [0.5, 0.6) is 0 Å². The predicted molar refractivity (Wildman–Crippen MR) is 67.1 cm³/mol. The number of hydrogen-bond donors (Lipinski definition) is 0. The molecule has 0 spiro atoms. The lowest BCUT2D eigenvalue weighted by atomic mass is 9.88. The fraction of sp³-hybridized carbons (Fsp3) is 0.267. The molecule has 0 fully saturated rings. The van der Waals surface area contributed by atoms with E-state index < -0.39 is 0 Å². The molecule has 0 amide bonds. The summed E-state index contributed by atoms with van der Waals surface area (Å²) in [7, 11) is 0. The zero-order valence-electron chi connectivity index (χ0n) is 10.1. The second-order valence-electron chi connectivity index (χ2n) is 5.11. The number of benzene rings is 1. The average Bonchev–Trinajstić information content (AvgIpc) is 2.29. The van der Waals surface area contributed by atoms with Crippen molar-refractivity contribution >= 4 is 0 Å². The minimum atomic E-state index is 0.200. The van der Waals surface area contributed by atoms with Gasteiger partial charge in [-0.15, -0.1) is 0 Å². The van der Waals surface area contributed by atoms with Crippen molar-refractivity contribution in [2.45, 2.75) is 26.2 Å². The highest BCUT2D eigenvalue weighted by Gasteiger charge is 2.16. The maximum atomic E-state index is 3.36. The highest BCUT2D eigenvalue weighted by atomic mass is 14.7. The standard InChI is InChI=1S/C15H17N/c1-15(2,3)13-9-10-14(16-11-13)12-7-5-4-6-8-12/h4-11H,1-3H3/p+1. The largest absolute Gasteiger partial charge is 0.211 e. The first-order chi connectivity index (χ1) is 7.57. The van der Waals surface area contributed by atoms with Gasteiger partial charge in [-0.1, -0.05) is 39.0 Å². The zero-order valence-corrected chi connectivity index (χ0v) is 10.1. The lowest BCUT2D eigenvalue weighted by Crippen LogP contribution is -2.16. The number of aromatic amines is 1. The first-order valence-corrected chi connectivity index (χ1v) is 5.65. The lowest BCUT2D eigenvalue weighted by Gasteiger charge is -2.16. The van der Waals surface area contributed by atoms with Crippen LogP contribution < -0.4 is 4.98 Å². The van der Waals surface area contributed by atoms with Gasteiger partial charge in [0, 0.05) is 17.2 Å². The van der Waals surface area contributed by atoms with Gasteiger partial charge in [0.25, 0.3) is 0 Å². The molecule has 0 radical (unpaired) electrons. The fourth-order valence-electron chi connectivity index (χ4n) is 1.69. The van der Waals surface area contributed by atoms with Gasteiger partial charge in [-0.05, 0) is 23.6 Å². The van der Waals surface area contributed by atoms with Crippen molar-refractivity contribution in [1.82, 2.24) is 0 Å². The SMILES string of the molecule is CC(C)(C)c1ccc(-c2ccccc2)[nH+]c1. The maximum absolute atomic E-state index is 3.36. The quantitative estimate of drug-likeness (QED) is 0.687. The van der Waals surface area contributed by atoms with Crippen LogP contribution in [-0.4, -0.2) is 0 Å². The summed E-state index contributed by atoms with van der Waals surface area (Å²) in [6, 6.07) is 14.7. The number of pyridine rings is 1. The van der Waals surface area contributed by atoms with E-state index in [-0.39, 0.29) is 5.41 Å². The molecule has 0 bridgehead atoms. The van der Waals surface area contributed by atoms with Crippen LogP contribution in [0.2, 0.25) is 0 Å². The summed E-state index contributed by atoms with van der Waals surface area (Å²) in [5.41, 5.74) is 3.91. The molecule has 1 nitrogen and oxygen atoms in total. The van der Waals surface area contributed by atoms with Gasteiger partial charge < -0.3 is 0 Å². The van der Waals surface area contributed by atoms with E-state index in [4.69, 9.17) is 0 Å². The summed E-state index contributed by atoms with van der Waals surface area (Å²) in [4.78, 5) is 3.36. The van der Waals surface area contributed by atoms with E-state index in [0.717, 1.165) is 5.69 Å². The molecule has 0 aliphatic carbocycles. The van der Waals surface area contributed by atoms with E-state index in [1.165, 1.54) is 11.1 Å². The Morgan fingerprint density at radius 2 is 1.56 bits per heavy atom. The molecule has 1 heterocycles. The van der Waals surface area contributed by atoms with Crippen LogP contribution in [0.1, 0.15) is 26.3 Å². The average molecular weight is 212 g/mol. The van der Waals surface area contributed by atoms with Crippen molar-refractivity contribution in [3.8, 4) is 11.3 Å². The third kappa shape index (κ3) is 2.30. The molecule has 1 N–H and O–H groups in total. The van der Waals surface area contributed by atoms with Crippen LogP contribution in [0.3, 0.4) is 0 Å². The molecule has 0 saturated heterocycles. The summed E-state index contributed by atoms with van der Waals surface area (Å²) < 4.78 is 0. The van der Waals surface area contributed by atoms with Crippen LogP contribution in [0.15, 0.2) is 48.7 Å². The molecule has 0 unspecified atom stereocenters. The second-order valence-corrected chi connectivity index (χ2v) is 5.11. The molecule has 2 aromatic rings. The maximum Gasteiger partial charge on any atom is 0.210 e. The summed E-state index contributed by atoms with van der Waals surface area (Å²) in [6.45, 7) is 6.66. The summed E-state index contributed by atoms with van der Waals surface area (Å²) in [5.74, 6) is 0. The second kappa shape index (κ2) is 4.09. The van der Waals surface area contributed by atoms with Crippen LogP contribution in [0.25, 0.3) is 11.3 Å². The van der Waals surface area contributed by atoms with E-state index >= 15 is 0 Å². The van der Waals surface area contributed by atoms with Gasteiger partial charge in [0.1, 0.15) is 0 Å². The Morgan fingerprint density at radius 1 is 0.875 bits per heavy atom. The van der Waals surface area contributed by atoms with Crippen molar-refractivity contribution in [2.24, 2.45) is 0 Å². The Labute approximate surface area is 97.2 Å². The Balaban J connectivity index is 2.34. The van der Waals surface area contributed by atoms with E-state index in [1.54, 1.807) is 0 Å². The predicted octanol–water partition coefficient (Wildman–Crippen LogP) is 3.47. The highest BCUT2D eigenvalue weighted by Crippen LogP contribution is 2.22. The van der Waals surface area contributed by atoms with E-state index in [9.17, 15) is 0 Å². The minimum Gasteiger partial charge on any atom is -0.211 e. The number of hydrogen-bond acceptors (Lipinski definition) is 0. The molecular weight excluding hydrogens is 194 g/mol. The normalized spacial score (nSPS) is 11.4. The van der Waals surface area contributed by atoms with Gasteiger partial charge >= 0.3 is 0 Å². The molecular formula is C15H18N+. The van der Waals surface area contributed by atoms with Gasteiger partial charge in [0.15, 0.2) is 6.20 Å². The minimum absolute atomic E-state index is 0.200. The van der Waals surface area contributed by atoms with E-state index in [0.29, 0.717) is 0 Å². The summed E-state index contributed by atoms with van der Waals surface area (Å²) in [6.07, 6.45) is 2.10. The van der Waals surface area contributed by atoms with E-state index in [2.05, 4.69) is 68.4 Å². The molecule has 1 heteroatoms. The number of rotatable bonds is 1. The highest BCUT2D eigenvalue weighted by molar-refractivity contribution is 5.55. The van der Waals surface area contributed by atoms with Crippen molar-refractivity contribution in [3.05, 3.63) is 54.2 Å². The third-order valence-electron chi connectivity index (χ3n) is 2.76. The van der Waals surface area contributed by atoms with Crippen LogP contribution in [0.4, 0.5) is 0 Å². The summed E-state index contributed by atoms with van der Waals surface area (Å²) in [5, 5.41) is 0. The molecule has 1 aromatic carbocycles. The van der Waals surface area contributed by atoms with Gasteiger partial charge in [-0.25, -0.2) is 4.98 Å². The van der Waals surface area contributed by atoms with Gasteiger partial charge in [-0.2, -0.15) is 0 Å². The van der Waals surface area contributed by atoms with E-state index in [1.807, 2.05) is 6.07 Å². The lowest BCUT2D eigenvalue weighted by molar-refractivity contribution is -0.365. The van der Waals surface area contributed by atoms with Crippen LogP contribution in [-0.2, 0) is 5.41 Å². The molecule has 1 aromatic heterocycles. The first-order valence-electron chi connectivity index (χ1n) is 5.65. The molecule has 0 aliphatic heterocycles. The van der Waals surface area contributed by atoms with Crippen LogP contribution in [0, 0.1) is 0 Å². The monoisotopic (exact) mass is 212 g/mol. The third-order valence-corrected chi connectivity index (χ3v) is 2.76. The molecule has 2 rings (SSSR count). The molecule has 82 valence electrons. The van der Waals surface area contributed by atoms with Crippen molar-refractivity contribution in [3.63, 3.8) is 0 Å². The molecule has 0 atom stereocenters. The van der Waals surface area contributed by atoms with Crippen molar-refractivity contribution in [1.29, 1.82) is 0 Å². The zero-order chi connectivity index (χ0) is 11.6. The fourth-order valence-corrected chi connectivity index (χ4v) is 1.69. The van der Waals surface area contributed by atoms with Crippen LogP contribution >= 0.6 is 0 Å². The van der Waals surface area contributed by atoms with Crippen molar-refractivity contribution in [2.75, 3.05) is 0 Å². The Hall–Kier alpha value is -1.63. The number of H-pyrrole nitrogens is 1. The van der Waals surface area contributed by atoms with Crippen molar-refractivity contribution < 1.29 is 4.98 Å². The van der Waals surface area contributed by atoms with Gasteiger partial charge in [0.05, 0.1) is 0 Å². The Bertz CT molecular complexity index is 449. The first kappa shape index (κ1) is 10.9. The molecule has 16 heavy (non-hydrogen) atoms. The molecule has 0 aliphatic rings. The Morgan fingerprint density at radius 3 is 2.06 bits per heavy atom. The summed E-state index contributed by atoms with van der Waals surface area (Å²) >= 11 is 0. The molecule has 0 saturated carbocycles. The smallest absolute Gasteiger partial charge is 0.210 e. The number of nitrogens with one attached hydrogen (secondary N) is 1.